The molecule has 2 N–H and O–H groups in total. The second-order valence-electron chi connectivity index (χ2n) is 7.84. The maximum Gasteiger partial charge on any atom is 0.257 e. The molecule has 9 heteroatoms. The van der Waals surface area contributed by atoms with Gasteiger partial charge in [0.05, 0.1) is 15.5 Å². The minimum atomic E-state index is -3.76. The summed E-state index contributed by atoms with van der Waals surface area (Å²) in [6.45, 7) is 4.64. The van der Waals surface area contributed by atoms with Crippen LogP contribution in [-0.4, -0.2) is 37.7 Å². The number of halogens is 1. The van der Waals surface area contributed by atoms with Crippen LogP contribution in [0.5, 0.6) is 0 Å². The molecule has 2 aromatic carbocycles. The summed E-state index contributed by atoms with van der Waals surface area (Å²) >= 11 is 6.17. The van der Waals surface area contributed by atoms with E-state index in [9.17, 15) is 18.0 Å². The highest BCUT2D eigenvalue weighted by Crippen LogP contribution is 2.23. The van der Waals surface area contributed by atoms with Crippen LogP contribution in [0.2, 0.25) is 5.02 Å². The van der Waals surface area contributed by atoms with Crippen molar-refractivity contribution < 1.29 is 18.0 Å². The highest BCUT2D eigenvalue weighted by atomic mass is 35.5. The number of piperidine rings is 1. The van der Waals surface area contributed by atoms with Crippen LogP contribution in [0.1, 0.15) is 49.0 Å². The zero-order valence-corrected chi connectivity index (χ0v) is 19.1. The van der Waals surface area contributed by atoms with Crippen molar-refractivity contribution in [3.05, 3.63) is 58.6 Å². The van der Waals surface area contributed by atoms with E-state index in [1.807, 2.05) is 11.0 Å². The van der Waals surface area contributed by atoms with Gasteiger partial charge in [0, 0.05) is 31.2 Å². The number of sulfonamides is 1. The second kappa shape index (κ2) is 9.80. The van der Waals surface area contributed by atoms with Crippen LogP contribution in [-0.2, 0) is 21.4 Å². The van der Waals surface area contributed by atoms with Gasteiger partial charge in [0.25, 0.3) is 5.91 Å². The van der Waals surface area contributed by atoms with Gasteiger partial charge in [-0.3, -0.25) is 9.59 Å². The monoisotopic (exact) mass is 463 g/mol. The molecule has 0 bridgehead atoms. The summed E-state index contributed by atoms with van der Waals surface area (Å²) in [4.78, 5) is 26.6. The van der Waals surface area contributed by atoms with Crippen molar-refractivity contribution in [3.63, 3.8) is 0 Å². The van der Waals surface area contributed by atoms with Crippen LogP contribution >= 0.6 is 11.6 Å². The molecule has 0 saturated carbocycles. The van der Waals surface area contributed by atoms with Crippen LogP contribution in [0.4, 0.5) is 5.69 Å². The SMILES string of the molecule is CC(C)NS(=O)(=O)c1ccc(Cl)c(C(=O)Nc2cccc(CN3CCCCC3=O)c2)c1. The summed E-state index contributed by atoms with van der Waals surface area (Å²) in [5.74, 6) is -0.377. The van der Waals surface area contributed by atoms with E-state index in [2.05, 4.69) is 10.0 Å². The van der Waals surface area contributed by atoms with E-state index < -0.39 is 15.9 Å². The first kappa shape index (κ1) is 23.2. The molecule has 0 aromatic heterocycles. The molecule has 1 heterocycles. The molecule has 3 rings (SSSR count). The number of nitrogens with one attached hydrogen (secondary N) is 2. The zero-order valence-electron chi connectivity index (χ0n) is 17.5. The van der Waals surface area contributed by atoms with Crippen molar-refractivity contribution in [2.45, 2.75) is 50.6 Å². The lowest BCUT2D eigenvalue weighted by molar-refractivity contribution is -0.133. The first-order valence-corrected chi connectivity index (χ1v) is 12.0. The normalized spacial score (nSPS) is 14.7. The third kappa shape index (κ3) is 6.06. The van der Waals surface area contributed by atoms with Gasteiger partial charge in [-0.15, -0.1) is 0 Å². The number of carbonyl (C=O) groups excluding carboxylic acids is 2. The fourth-order valence-corrected chi connectivity index (χ4v) is 4.90. The van der Waals surface area contributed by atoms with Crippen molar-refractivity contribution >= 4 is 39.1 Å². The van der Waals surface area contributed by atoms with Gasteiger partial charge in [0.1, 0.15) is 0 Å². The van der Waals surface area contributed by atoms with Gasteiger partial charge in [0.15, 0.2) is 0 Å². The van der Waals surface area contributed by atoms with Crippen molar-refractivity contribution in [1.29, 1.82) is 0 Å². The summed E-state index contributed by atoms with van der Waals surface area (Å²) in [5, 5.41) is 2.91. The van der Waals surface area contributed by atoms with Gasteiger partial charge in [-0.25, -0.2) is 13.1 Å². The first-order chi connectivity index (χ1) is 14.7. The molecule has 1 aliphatic rings. The lowest BCUT2D eigenvalue weighted by Gasteiger charge is -2.26. The van der Waals surface area contributed by atoms with Crippen LogP contribution in [0.3, 0.4) is 0 Å². The summed E-state index contributed by atoms with van der Waals surface area (Å²) in [7, 11) is -3.76. The van der Waals surface area contributed by atoms with E-state index in [0.29, 0.717) is 18.7 Å². The topological polar surface area (TPSA) is 95.6 Å². The van der Waals surface area contributed by atoms with Crippen LogP contribution < -0.4 is 10.0 Å². The molecule has 1 fully saturated rings. The van der Waals surface area contributed by atoms with Gasteiger partial charge in [-0.1, -0.05) is 23.7 Å². The number of rotatable bonds is 7. The predicted molar refractivity (Wildman–Crippen MR) is 121 cm³/mol. The largest absolute Gasteiger partial charge is 0.338 e. The molecule has 0 spiro atoms. The second-order valence-corrected chi connectivity index (χ2v) is 9.97. The third-order valence-corrected chi connectivity index (χ3v) is 6.85. The predicted octanol–water partition coefficient (Wildman–Crippen LogP) is 3.79. The molecule has 1 aliphatic heterocycles. The van der Waals surface area contributed by atoms with Gasteiger partial charge < -0.3 is 10.2 Å². The molecule has 2 aromatic rings. The van der Waals surface area contributed by atoms with Crippen LogP contribution in [0, 0.1) is 0 Å². The quantitative estimate of drug-likeness (QED) is 0.653. The van der Waals surface area contributed by atoms with E-state index in [-0.39, 0.29) is 27.4 Å². The van der Waals surface area contributed by atoms with Gasteiger partial charge in [0.2, 0.25) is 15.9 Å². The third-order valence-electron chi connectivity index (χ3n) is 4.86. The van der Waals surface area contributed by atoms with Crippen LogP contribution in [0.25, 0.3) is 0 Å². The molecule has 0 unspecified atom stereocenters. The number of benzene rings is 2. The lowest BCUT2D eigenvalue weighted by atomic mass is 10.1. The maximum atomic E-state index is 12.8. The van der Waals surface area contributed by atoms with Gasteiger partial charge in [-0.2, -0.15) is 0 Å². The van der Waals surface area contributed by atoms with Crippen molar-refractivity contribution in [2.75, 3.05) is 11.9 Å². The smallest absolute Gasteiger partial charge is 0.257 e. The molecule has 7 nitrogen and oxygen atoms in total. The Morgan fingerprint density at radius 3 is 2.65 bits per heavy atom. The van der Waals surface area contributed by atoms with E-state index in [1.54, 1.807) is 32.0 Å². The summed E-state index contributed by atoms with van der Waals surface area (Å²) in [6, 6.07) is 11.0. The van der Waals surface area contributed by atoms with E-state index in [1.165, 1.54) is 18.2 Å². The number of hydrogen-bond acceptors (Lipinski definition) is 4. The molecule has 0 radical (unpaired) electrons. The Balaban J connectivity index is 1.77. The van der Waals surface area contributed by atoms with Gasteiger partial charge >= 0.3 is 0 Å². The highest BCUT2D eigenvalue weighted by molar-refractivity contribution is 7.89. The molecule has 0 atom stereocenters. The fraction of sp³-hybridized carbons (Fsp3) is 0.364. The Morgan fingerprint density at radius 2 is 1.94 bits per heavy atom. The summed E-state index contributed by atoms with van der Waals surface area (Å²) in [6.07, 6.45) is 2.49. The molecule has 2 amide bonds. The maximum absolute atomic E-state index is 12.8. The minimum absolute atomic E-state index is 0.0342. The Bertz CT molecular complexity index is 1090. The number of amides is 2. The Hall–Kier alpha value is -2.42. The van der Waals surface area contributed by atoms with E-state index >= 15 is 0 Å². The van der Waals surface area contributed by atoms with E-state index in [4.69, 9.17) is 11.6 Å². The number of anilines is 1. The molecule has 1 saturated heterocycles. The Morgan fingerprint density at radius 1 is 1.16 bits per heavy atom. The number of nitrogens with zero attached hydrogens (tertiary/aromatic N) is 1. The van der Waals surface area contributed by atoms with Crippen LogP contribution in [0.15, 0.2) is 47.4 Å². The standard InChI is InChI=1S/C22H26ClN3O4S/c1-15(2)25-31(29,30)18-9-10-20(23)19(13-18)22(28)24-17-7-5-6-16(12-17)14-26-11-4-3-8-21(26)27/h5-7,9-10,12-13,15,25H,3-4,8,11,14H2,1-2H3,(H,24,28). The van der Waals surface area contributed by atoms with Crippen molar-refractivity contribution in [1.82, 2.24) is 9.62 Å². The first-order valence-electron chi connectivity index (χ1n) is 10.2. The number of likely N-dealkylation sites (tertiary alicyclic amines) is 1. The fourth-order valence-electron chi connectivity index (χ4n) is 3.42. The Kier molecular flexibility index (Phi) is 7.35. The lowest BCUT2D eigenvalue weighted by Crippen LogP contribution is -2.34. The van der Waals surface area contributed by atoms with Crippen molar-refractivity contribution in [3.8, 4) is 0 Å². The zero-order chi connectivity index (χ0) is 22.6. The summed E-state index contributed by atoms with van der Waals surface area (Å²) in [5.41, 5.74) is 1.50. The Labute approximate surface area is 187 Å². The minimum Gasteiger partial charge on any atom is -0.338 e. The highest BCUT2D eigenvalue weighted by Gasteiger charge is 2.21. The van der Waals surface area contributed by atoms with E-state index in [0.717, 1.165) is 24.9 Å². The average molecular weight is 464 g/mol. The average Bonchev–Trinajstić information content (AvgIpc) is 2.69. The summed E-state index contributed by atoms with van der Waals surface area (Å²) < 4.78 is 27.3. The molecule has 166 valence electrons. The number of carbonyl (C=O) groups is 2. The van der Waals surface area contributed by atoms with Crippen molar-refractivity contribution in [2.24, 2.45) is 0 Å². The molecular weight excluding hydrogens is 438 g/mol. The molecule has 0 aliphatic carbocycles. The molecule has 31 heavy (non-hydrogen) atoms. The number of hydrogen-bond donors (Lipinski definition) is 2. The molecular formula is C22H26ClN3O4S. The van der Waals surface area contributed by atoms with Gasteiger partial charge in [-0.05, 0) is 62.6 Å².